The van der Waals surface area contributed by atoms with Crippen LogP contribution in [0.2, 0.25) is 0 Å². The molecule has 1 fully saturated rings. The minimum atomic E-state index is -1.16. The summed E-state index contributed by atoms with van der Waals surface area (Å²) in [5, 5.41) is 30.1. The summed E-state index contributed by atoms with van der Waals surface area (Å²) < 4.78 is 20.3. The van der Waals surface area contributed by atoms with Gasteiger partial charge in [0.1, 0.15) is 18.1 Å². The van der Waals surface area contributed by atoms with Crippen LogP contribution in [0, 0.1) is 17.8 Å². The van der Waals surface area contributed by atoms with Gasteiger partial charge in [0.15, 0.2) is 0 Å². The van der Waals surface area contributed by atoms with Crippen molar-refractivity contribution in [2.24, 2.45) is 22.9 Å². The second-order valence-electron chi connectivity index (χ2n) is 17.0. The lowest BCUT2D eigenvalue weighted by Gasteiger charge is -2.58. The van der Waals surface area contributed by atoms with Crippen LogP contribution in [0.1, 0.15) is 141 Å². The van der Waals surface area contributed by atoms with E-state index in [1.165, 1.54) is 58.3 Å². The number of thioether (sulfide) groups is 1. The summed E-state index contributed by atoms with van der Waals surface area (Å²) in [7, 11) is 0. The number of hydrogen-bond acceptors (Lipinski definition) is 10. The number of allylic oxidation sites excluding steroid dienone is 1. The van der Waals surface area contributed by atoms with Gasteiger partial charge in [0.25, 0.3) is 0 Å². The van der Waals surface area contributed by atoms with Crippen LogP contribution in [0.3, 0.4) is 0 Å². The van der Waals surface area contributed by atoms with Crippen LogP contribution in [0.4, 0.5) is 10.5 Å². The highest BCUT2D eigenvalue weighted by molar-refractivity contribution is 8.00. The van der Waals surface area contributed by atoms with Crippen molar-refractivity contribution in [1.82, 2.24) is 5.32 Å². The van der Waals surface area contributed by atoms with Crippen LogP contribution in [0.5, 0.6) is 11.5 Å². The molecule has 0 bridgehead atoms. The van der Waals surface area contributed by atoms with E-state index >= 15 is 0 Å². The molecule has 0 aromatic heterocycles. The van der Waals surface area contributed by atoms with Crippen molar-refractivity contribution in [1.29, 1.82) is 0 Å². The van der Waals surface area contributed by atoms with Gasteiger partial charge in [-0.2, -0.15) is 0 Å². The predicted octanol–water partition coefficient (Wildman–Crippen LogP) is 11.1. The molecule has 62 heavy (non-hydrogen) atoms. The number of carbonyl (C=O) groups is 2. The van der Waals surface area contributed by atoms with E-state index in [4.69, 9.17) is 24.2 Å². The molecule has 3 aliphatic rings. The number of fused-ring (bicyclic) bond motifs is 2. The molecule has 2 aromatic rings. The number of benzene rings is 2. The maximum absolute atomic E-state index is 13.2. The largest absolute Gasteiger partial charge is 0.460 e. The topological polar surface area (TPSA) is 148 Å². The monoisotopic (exact) mass is 876 g/mol. The maximum Gasteiger partial charge on any atom is 0.412 e. The first kappa shape index (κ1) is 49.2. The van der Waals surface area contributed by atoms with E-state index in [9.17, 15) is 19.8 Å². The molecule has 2 amide bonds. The number of ether oxygens (including phenoxy) is 3. The quantitative estimate of drug-likeness (QED) is 0.0372. The highest BCUT2D eigenvalue weighted by Crippen LogP contribution is 2.63. The Hall–Kier alpha value is -3.84. The molecule has 11 nitrogen and oxygen atoms in total. The number of aliphatic hydroxyl groups is 2. The zero-order valence-corrected chi connectivity index (χ0v) is 38.4. The molecule has 1 heterocycles. The smallest absolute Gasteiger partial charge is 0.412 e. The number of unbranched alkanes of at least 4 members (excludes halogenated alkanes) is 11. The zero-order valence-electron chi connectivity index (χ0n) is 37.5. The van der Waals surface area contributed by atoms with Crippen LogP contribution in [-0.2, 0) is 14.4 Å². The van der Waals surface area contributed by atoms with Crippen LogP contribution in [0.25, 0.3) is 0 Å². The van der Waals surface area contributed by atoms with Gasteiger partial charge in [0, 0.05) is 55.2 Å². The Morgan fingerprint density at radius 1 is 0.919 bits per heavy atom. The molecule has 12 heteroatoms. The number of carbonyl (C=O) groups excluding carboxylic acids is 2. The van der Waals surface area contributed by atoms with Crippen LogP contribution < -0.4 is 20.1 Å². The van der Waals surface area contributed by atoms with E-state index in [1.807, 2.05) is 43.3 Å². The third-order valence-corrected chi connectivity index (χ3v) is 13.7. The first-order valence-electron chi connectivity index (χ1n) is 23.5. The number of amides is 2. The molecule has 4 N–H and O–H groups in total. The van der Waals surface area contributed by atoms with Gasteiger partial charge in [-0.3, -0.25) is 4.79 Å². The number of rotatable bonds is 28. The first-order chi connectivity index (χ1) is 30.3. The van der Waals surface area contributed by atoms with Gasteiger partial charge in [0.2, 0.25) is 11.7 Å². The van der Waals surface area contributed by atoms with Crippen molar-refractivity contribution in [2.45, 2.75) is 152 Å². The molecule has 0 spiro atoms. The summed E-state index contributed by atoms with van der Waals surface area (Å²) in [6.45, 7) is 11.2. The zero-order chi connectivity index (χ0) is 44.2. The Kier molecular flexibility index (Phi) is 20.7. The molecule has 1 saturated carbocycles. The number of oxime groups is 1. The highest BCUT2D eigenvalue weighted by Gasteiger charge is 2.64. The number of nitrogens with one attached hydrogen (secondary N) is 2. The van der Waals surface area contributed by atoms with Gasteiger partial charge in [-0.1, -0.05) is 94.9 Å². The van der Waals surface area contributed by atoms with Crippen LogP contribution >= 0.6 is 11.8 Å². The second kappa shape index (κ2) is 26.1. The molecule has 1 aliphatic heterocycles. The Balaban J connectivity index is 1.48. The van der Waals surface area contributed by atoms with Crippen LogP contribution in [0.15, 0.2) is 76.8 Å². The van der Waals surface area contributed by atoms with Crippen molar-refractivity contribution in [3.8, 4) is 11.5 Å². The third-order valence-electron chi connectivity index (χ3n) is 12.4. The van der Waals surface area contributed by atoms with Gasteiger partial charge in [-0.15, -0.1) is 18.3 Å². The van der Waals surface area contributed by atoms with Crippen molar-refractivity contribution in [3.05, 3.63) is 72.3 Å². The lowest BCUT2D eigenvalue weighted by atomic mass is 9.56. The lowest BCUT2D eigenvalue weighted by molar-refractivity contribution is -0.223. The van der Waals surface area contributed by atoms with Gasteiger partial charge < -0.3 is 39.9 Å². The summed E-state index contributed by atoms with van der Waals surface area (Å²) >= 11 is 1.65. The maximum atomic E-state index is 13.2. The average molecular weight is 876 g/mol. The lowest BCUT2D eigenvalue weighted by Crippen LogP contribution is -2.64. The average Bonchev–Trinajstić information content (AvgIpc) is 3.26. The van der Waals surface area contributed by atoms with Gasteiger partial charge in [0.05, 0.1) is 23.5 Å². The summed E-state index contributed by atoms with van der Waals surface area (Å²) in [5.41, 5.74) is 3.54. The molecule has 0 radical (unpaired) electrons. The number of hydrogen-bond donors (Lipinski definition) is 4. The summed E-state index contributed by atoms with van der Waals surface area (Å²) in [4.78, 5) is 31.8. The number of anilines is 1. The Morgan fingerprint density at radius 2 is 1.61 bits per heavy atom. The van der Waals surface area contributed by atoms with E-state index in [2.05, 4.69) is 30.2 Å². The molecule has 6 unspecified atom stereocenters. The van der Waals surface area contributed by atoms with Gasteiger partial charge in [-0.25, -0.2) is 4.79 Å². The molecular formula is C50H73N3O8S. The molecule has 5 rings (SSSR count). The molecule has 342 valence electrons. The van der Waals surface area contributed by atoms with Crippen molar-refractivity contribution >= 4 is 35.2 Å². The fourth-order valence-corrected chi connectivity index (χ4v) is 10.9. The minimum Gasteiger partial charge on any atom is -0.460 e. The Labute approximate surface area is 374 Å². The number of nitrogens with zero attached hydrogens (tertiary/aromatic N) is 1. The molecule has 6 atom stereocenters. The van der Waals surface area contributed by atoms with E-state index in [0.29, 0.717) is 49.6 Å². The predicted molar refractivity (Wildman–Crippen MR) is 249 cm³/mol. The SMILES string of the molecule is C=CCOC12Oc3ccc(OC(=O)NCCCCCCCCCCCC)cc3C3C(CCCCO)C(CCCCO)C=C(C(=NOCC)CC1Sc1ccc(NC(C)=O)cc1)C32. The minimum absolute atomic E-state index is 0.109. The normalized spacial score (nSPS) is 23.1. The second-order valence-corrected chi connectivity index (χ2v) is 18.3. The van der Waals surface area contributed by atoms with Gasteiger partial charge in [-0.05, 0) is 98.9 Å². The van der Waals surface area contributed by atoms with Crippen molar-refractivity contribution in [2.75, 3.05) is 38.3 Å². The first-order valence-corrected chi connectivity index (χ1v) is 24.4. The molecule has 2 aromatic carbocycles. The van der Waals surface area contributed by atoms with E-state index in [0.717, 1.165) is 60.3 Å². The van der Waals surface area contributed by atoms with E-state index in [-0.39, 0.29) is 54.6 Å². The van der Waals surface area contributed by atoms with E-state index < -0.39 is 11.9 Å². The third kappa shape index (κ3) is 13.6. The standard InChI is InChI=1S/C50H73N3O8S/c1-5-8-9-10-11-12-13-14-15-18-29-51-49(57)60-39-25-28-45-43(34-39)47-41(22-17-20-31-55)37(21-16-19-30-54)33-42-44(53-59-7-3)35-46(50(61-45,48(42)47)58-32-6-2)62-40-26-23-38(24-27-40)52-36(4)56/h6,23-28,33-34,37,41,46-48,54-55H,2,5,7-22,29-32,35H2,1,3-4H3,(H,51,57)(H,52,56). The number of aliphatic hydroxyl groups excluding tert-OH is 2. The Bertz CT molecular complexity index is 1770. The summed E-state index contributed by atoms with van der Waals surface area (Å²) in [6, 6.07) is 13.5. The van der Waals surface area contributed by atoms with Crippen molar-refractivity contribution in [3.63, 3.8) is 0 Å². The molecular weight excluding hydrogens is 803 g/mol. The molecule has 0 saturated heterocycles. The van der Waals surface area contributed by atoms with Gasteiger partial charge >= 0.3 is 6.09 Å². The van der Waals surface area contributed by atoms with Crippen molar-refractivity contribution < 1.29 is 38.9 Å². The summed E-state index contributed by atoms with van der Waals surface area (Å²) in [5.74, 6) is -0.408. The van der Waals surface area contributed by atoms with Crippen LogP contribution in [-0.4, -0.2) is 71.9 Å². The molecule has 2 aliphatic carbocycles. The fraction of sp³-hybridized carbons (Fsp3) is 0.620. The fourth-order valence-electron chi connectivity index (χ4n) is 9.56. The highest BCUT2D eigenvalue weighted by atomic mass is 32.2. The summed E-state index contributed by atoms with van der Waals surface area (Å²) in [6.07, 6.45) is 21.2. The Morgan fingerprint density at radius 3 is 2.27 bits per heavy atom. The van der Waals surface area contributed by atoms with E-state index in [1.54, 1.807) is 23.9 Å².